The topological polar surface area (TPSA) is 162 Å². The Hall–Kier alpha value is -4.26. The van der Waals surface area contributed by atoms with Crippen LogP contribution in [0.2, 0.25) is 0 Å². The number of aliphatic carboxylic acids is 1. The highest BCUT2D eigenvalue weighted by molar-refractivity contribution is 7.99. The lowest BCUT2D eigenvalue weighted by atomic mass is 9.97. The minimum absolute atomic E-state index is 0.0902. The number of nitrogens with one attached hydrogen (secondary N) is 3. The molecule has 4 N–H and O–H groups in total. The second kappa shape index (κ2) is 15.4. The van der Waals surface area contributed by atoms with Gasteiger partial charge in [0.05, 0.1) is 23.9 Å². The van der Waals surface area contributed by atoms with Crippen LogP contribution in [0.5, 0.6) is 0 Å². The lowest BCUT2D eigenvalue weighted by molar-refractivity contribution is -0.140. The summed E-state index contributed by atoms with van der Waals surface area (Å²) in [5, 5.41) is 17.6. The molecule has 0 fully saturated rings. The molecule has 11 nitrogen and oxygen atoms in total. The fourth-order valence-electron chi connectivity index (χ4n) is 5.80. The third-order valence-corrected chi connectivity index (χ3v) is 9.42. The average Bonchev–Trinajstić information content (AvgIpc) is 3.35. The molecule has 2 heterocycles. The van der Waals surface area contributed by atoms with E-state index in [1.165, 1.54) is 35.7 Å². The van der Waals surface area contributed by atoms with Crippen LogP contribution in [0.3, 0.4) is 0 Å². The maximum Gasteiger partial charge on any atom is 0.305 e. The molecule has 0 bridgehead atoms. The number of amides is 4. The van der Waals surface area contributed by atoms with E-state index in [-0.39, 0.29) is 36.2 Å². The number of carbonyl (C=O) groups is 6. The van der Waals surface area contributed by atoms with Gasteiger partial charge in [-0.2, -0.15) is 0 Å². The number of carboxylic acid groups (broad SMARTS) is 1. The van der Waals surface area contributed by atoms with Crippen LogP contribution in [0, 0.1) is 11.7 Å². The molecule has 2 aliphatic rings. The van der Waals surface area contributed by atoms with Crippen molar-refractivity contribution < 1.29 is 38.3 Å². The van der Waals surface area contributed by atoms with E-state index >= 15 is 0 Å². The Morgan fingerprint density at radius 2 is 1.76 bits per heavy atom. The number of aryl methyl sites for hydroxylation is 1. The zero-order valence-electron chi connectivity index (χ0n) is 26.0. The summed E-state index contributed by atoms with van der Waals surface area (Å²) in [7, 11) is 0. The first-order chi connectivity index (χ1) is 21.9. The Labute approximate surface area is 271 Å². The Kier molecular flexibility index (Phi) is 11.5. The first kappa shape index (κ1) is 34.6. The number of hydrogen-bond acceptors (Lipinski definition) is 7. The normalized spacial score (nSPS) is 18.9. The van der Waals surface area contributed by atoms with Gasteiger partial charge >= 0.3 is 5.97 Å². The number of benzene rings is 2. The molecule has 0 unspecified atom stereocenters. The van der Waals surface area contributed by atoms with Gasteiger partial charge in [0, 0.05) is 19.1 Å². The number of carboxylic acids is 1. The van der Waals surface area contributed by atoms with Crippen LogP contribution < -0.4 is 20.9 Å². The van der Waals surface area contributed by atoms with Gasteiger partial charge in [0.25, 0.3) is 0 Å². The smallest absolute Gasteiger partial charge is 0.305 e. The lowest BCUT2D eigenvalue weighted by Crippen LogP contribution is -2.59. The van der Waals surface area contributed by atoms with Crippen molar-refractivity contribution in [1.29, 1.82) is 0 Å². The highest BCUT2D eigenvalue weighted by atomic mass is 32.2. The van der Waals surface area contributed by atoms with Crippen LogP contribution in [0.4, 0.5) is 10.1 Å². The number of rotatable bonds is 14. The largest absolute Gasteiger partial charge is 0.481 e. The Bertz CT molecular complexity index is 1500. The summed E-state index contributed by atoms with van der Waals surface area (Å²) in [5.74, 6) is -4.12. The fraction of sp³-hybridized carbons (Fsp3) is 0.455. The van der Waals surface area contributed by atoms with E-state index in [1.54, 1.807) is 12.1 Å². The molecule has 2 aromatic carbocycles. The summed E-state index contributed by atoms with van der Waals surface area (Å²) in [6.07, 6.45) is 0.839. The van der Waals surface area contributed by atoms with E-state index in [1.807, 2.05) is 32.0 Å². The summed E-state index contributed by atoms with van der Waals surface area (Å²) >= 11 is 1.21. The van der Waals surface area contributed by atoms with Crippen LogP contribution in [0.1, 0.15) is 56.7 Å². The third kappa shape index (κ3) is 8.31. The number of hydrogen-bond donors (Lipinski definition) is 4. The van der Waals surface area contributed by atoms with E-state index in [4.69, 9.17) is 0 Å². The molecule has 0 saturated heterocycles. The molecule has 2 aliphatic heterocycles. The first-order valence-electron chi connectivity index (χ1n) is 15.3. The van der Waals surface area contributed by atoms with Gasteiger partial charge in [-0.1, -0.05) is 50.6 Å². The summed E-state index contributed by atoms with van der Waals surface area (Å²) in [6.45, 7) is 5.04. The maximum atomic E-state index is 14.1. The Morgan fingerprint density at radius 1 is 1.07 bits per heavy atom. The zero-order valence-corrected chi connectivity index (χ0v) is 26.8. The molecule has 0 radical (unpaired) electrons. The molecule has 4 rings (SSSR count). The summed E-state index contributed by atoms with van der Waals surface area (Å²) < 4.78 is 13.2. The number of thioether (sulfide) groups is 1. The van der Waals surface area contributed by atoms with E-state index in [2.05, 4.69) is 16.0 Å². The molecule has 46 heavy (non-hydrogen) atoms. The third-order valence-electron chi connectivity index (χ3n) is 8.39. The van der Waals surface area contributed by atoms with Gasteiger partial charge in [0.2, 0.25) is 23.6 Å². The molecule has 5 atom stereocenters. The summed E-state index contributed by atoms with van der Waals surface area (Å²) in [4.78, 5) is 79.1. The minimum atomic E-state index is -1.33. The fourth-order valence-corrected chi connectivity index (χ4v) is 6.73. The molecule has 0 aliphatic carbocycles. The summed E-state index contributed by atoms with van der Waals surface area (Å²) in [5.41, 5.74) is 2.95. The van der Waals surface area contributed by atoms with Crippen molar-refractivity contribution in [2.75, 3.05) is 10.7 Å². The molecule has 246 valence electrons. The van der Waals surface area contributed by atoms with Crippen molar-refractivity contribution in [3.8, 4) is 0 Å². The molecule has 0 spiro atoms. The monoisotopic (exact) mass is 654 g/mol. The molecule has 0 aromatic heterocycles. The van der Waals surface area contributed by atoms with Gasteiger partial charge in [-0.05, 0) is 47.6 Å². The number of carbonyl (C=O) groups excluding carboxylic acids is 5. The molecular formula is C33H39FN4O7S. The molecule has 13 heteroatoms. The second-order valence-electron chi connectivity index (χ2n) is 11.8. The molecule has 2 aromatic rings. The Morgan fingerprint density at radius 3 is 2.41 bits per heavy atom. The number of Topliss-reactive ketones (excluding diaryl/α,β-unsaturated/α-hetero) is 1. The van der Waals surface area contributed by atoms with Gasteiger partial charge in [0.15, 0.2) is 5.78 Å². The van der Waals surface area contributed by atoms with Crippen LogP contribution in [0.15, 0.2) is 42.5 Å². The predicted octanol–water partition coefficient (Wildman–Crippen LogP) is 2.53. The average molecular weight is 655 g/mol. The number of para-hydroxylation sites is 1. The van der Waals surface area contributed by atoms with Crippen molar-refractivity contribution in [3.63, 3.8) is 0 Å². The van der Waals surface area contributed by atoms with Crippen molar-refractivity contribution in [3.05, 3.63) is 65.0 Å². The predicted molar refractivity (Wildman–Crippen MR) is 170 cm³/mol. The van der Waals surface area contributed by atoms with Crippen molar-refractivity contribution >= 4 is 52.8 Å². The van der Waals surface area contributed by atoms with Gasteiger partial charge in [-0.25, -0.2) is 4.39 Å². The maximum absolute atomic E-state index is 14.1. The van der Waals surface area contributed by atoms with Crippen LogP contribution >= 0.6 is 11.8 Å². The highest BCUT2D eigenvalue weighted by Crippen LogP contribution is 2.39. The number of halogens is 1. The zero-order chi connectivity index (χ0) is 33.5. The van der Waals surface area contributed by atoms with Crippen molar-refractivity contribution in [2.45, 2.75) is 82.8 Å². The van der Waals surface area contributed by atoms with Crippen molar-refractivity contribution in [1.82, 2.24) is 16.0 Å². The Balaban J connectivity index is 1.51. The quantitative estimate of drug-likeness (QED) is 0.242. The van der Waals surface area contributed by atoms with Gasteiger partial charge in [-0.3, -0.25) is 33.7 Å². The number of nitrogens with zero attached hydrogens (tertiary/aromatic N) is 1. The lowest BCUT2D eigenvalue weighted by Gasteiger charge is -2.30. The molecule has 4 amide bonds. The van der Waals surface area contributed by atoms with Crippen LogP contribution in [0.25, 0.3) is 0 Å². The molecular weight excluding hydrogens is 615 g/mol. The first-order valence-corrected chi connectivity index (χ1v) is 16.4. The van der Waals surface area contributed by atoms with Crippen molar-refractivity contribution in [2.24, 2.45) is 5.92 Å². The number of ketones is 1. The highest BCUT2D eigenvalue weighted by Gasteiger charge is 2.45. The van der Waals surface area contributed by atoms with E-state index in [0.29, 0.717) is 24.3 Å². The number of anilines is 1. The van der Waals surface area contributed by atoms with Crippen LogP contribution in [-0.4, -0.2) is 70.4 Å². The van der Waals surface area contributed by atoms with Gasteiger partial charge in [-0.15, -0.1) is 11.8 Å². The standard InChI is InChI=1S/C33H39FN4O7S/c1-4-18(2)29(35-19(3)39)32(44)36-24-13-10-21-6-5-7-22-14-26(38(30(21)22)33(24)45)31(43)37-25(15-28(41)42)27(40)17-46-16-20-8-11-23(34)12-9-20/h5-9,11-12,18,24-26,29H,4,10,13-17H2,1-3H3,(H,35,39)(H,36,44)(H,37,43)(H,41,42)/t18-,24-,25-,26-,29-/m0/s1. The minimum Gasteiger partial charge on any atom is -0.481 e. The second-order valence-corrected chi connectivity index (χ2v) is 12.7. The van der Waals surface area contributed by atoms with Crippen LogP contribution in [-0.2, 0) is 47.4 Å². The van der Waals surface area contributed by atoms with E-state index in [0.717, 1.165) is 16.7 Å². The van der Waals surface area contributed by atoms with E-state index in [9.17, 15) is 38.3 Å². The summed E-state index contributed by atoms with van der Waals surface area (Å²) in [6, 6.07) is 7.07. The van der Waals surface area contributed by atoms with Gasteiger partial charge in [0.1, 0.15) is 23.9 Å². The molecule has 0 saturated carbocycles. The SMILES string of the molecule is CC[C@H](C)[C@H](NC(C)=O)C(=O)N[C@H]1CCc2cccc3c2N(C1=O)[C@H](C(=O)N[C@@H](CC(=O)O)C(=O)CSCc1ccc(F)cc1)C3. The van der Waals surface area contributed by atoms with E-state index < -0.39 is 60.1 Å². The van der Waals surface area contributed by atoms with Gasteiger partial charge < -0.3 is 21.1 Å².